The first-order valence-corrected chi connectivity index (χ1v) is 7.61. The van der Waals surface area contributed by atoms with E-state index in [1.54, 1.807) is 0 Å². The van der Waals surface area contributed by atoms with Crippen LogP contribution in [-0.4, -0.2) is 30.3 Å². The SMILES string of the molecule is CN(C)C1(C(=O)Cc2cccc(F)c2F)CCCCCC1. The number of hydrogen-bond donors (Lipinski definition) is 0. The van der Waals surface area contributed by atoms with Crippen LogP contribution in [0, 0.1) is 11.6 Å². The van der Waals surface area contributed by atoms with Crippen molar-refractivity contribution in [2.75, 3.05) is 14.1 Å². The highest BCUT2D eigenvalue weighted by atomic mass is 19.2. The molecule has 0 spiro atoms. The van der Waals surface area contributed by atoms with Gasteiger partial charge in [-0.05, 0) is 38.6 Å². The average Bonchev–Trinajstić information content (AvgIpc) is 2.70. The minimum Gasteiger partial charge on any atom is -0.297 e. The molecule has 0 heterocycles. The molecule has 2 rings (SSSR count). The summed E-state index contributed by atoms with van der Waals surface area (Å²) >= 11 is 0. The van der Waals surface area contributed by atoms with Crippen LogP contribution in [0.1, 0.15) is 44.1 Å². The fourth-order valence-corrected chi connectivity index (χ4v) is 3.31. The standard InChI is InChI=1S/C17H23F2NO/c1-20(2)17(10-5-3-4-6-11-17)15(21)12-13-8-7-9-14(18)16(13)19/h7-9H,3-6,10-12H2,1-2H3. The summed E-state index contributed by atoms with van der Waals surface area (Å²) < 4.78 is 27.1. The first kappa shape index (κ1) is 16.1. The van der Waals surface area contributed by atoms with E-state index < -0.39 is 17.2 Å². The molecule has 1 fully saturated rings. The molecule has 0 unspecified atom stereocenters. The summed E-state index contributed by atoms with van der Waals surface area (Å²) in [4.78, 5) is 14.8. The molecule has 1 aliphatic carbocycles. The number of hydrogen-bond acceptors (Lipinski definition) is 2. The van der Waals surface area contributed by atoms with Crippen LogP contribution in [0.2, 0.25) is 0 Å². The summed E-state index contributed by atoms with van der Waals surface area (Å²) in [5.41, 5.74) is -0.375. The van der Waals surface area contributed by atoms with Gasteiger partial charge in [0, 0.05) is 6.42 Å². The summed E-state index contributed by atoms with van der Waals surface area (Å²) in [5.74, 6) is -1.78. The quantitative estimate of drug-likeness (QED) is 0.789. The minimum absolute atomic E-state index is 0.00102. The predicted octanol–water partition coefficient (Wildman–Crippen LogP) is 3.73. The van der Waals surface area contributed by atoms with Crippen molar-refractivity contribution in [1.82, 2.24) is 4.90 Å². The molecule has 0 bridgehead atoms. The molecule has 116 valence electrons. The molecule has 0 atom stereocenters. The molecule has 0 amide bonds. The minimum atomic E-state index is -0.895. The third-order valence-electron chi connectivity index (χ3n) is 4.69. The van der Waals surface area contributed by atoms with Crippen molar-refractivity contribution in [3.63, 3.8) is 0 Å². The molecule has 0 aliphatic heterocycles. The zero-order valence-electron chi connectivity index (χ0n) is 12.8. The number of halogens is 2. The molecule has 1 saturated carbocycles. The third kappa shape index (κ3) is 3.31. The number of benzene rings is 1. The van der Waals surface area contributed by atoms with Crippen LogP contribution in [0.15, 0.2) is 18.2 Å². The molecular formula is C17H23F2NO. The van der Waals surface area contributed by atoms with Crippen LogP contribution >= 0.6 is 0 Å². The Morgan fingerprint density at radius 2 is 1.76 bits per heavy atom. The van der Waals surface area contributed by atoms with Gasteiger partial charge < -0.3 is 0 Å². The summed E-state index contributed by atoms with van der Waals surface area (Å²) in [6.45, 7) is 0. The maximum atomic E-state index is 13.8. The third-order valence-corrected chi connectivity index (χ3v) is 4.69. The Morgan fingerprint density at radius 3 is 2.33 bits per heavy atom. The Hall–Kier alpha value is -1.29. The van der Waals surface area contributed by atoms with Crippen LogP contribution in [0.5, 0.6) is 0 Å². The second-order valence-electron chi connectivity index (χ2n) is 6.15. The van der Waals surface area contributed by atoms with Crippen molar-refractivity contribution in [1.29, 1.82) is 0 Å². The van der Waals surface area contributed by atoms with Crippen molar-refractivity contribution >= 4 is 5.78 Å². The molecule has 0 radical (unpaired) electrons. The zero-order chi connectivity index (χ0) is 15.5. The lowest BCUT2D eigenvalue weighted by Crippen LogP contribution is -2.51. The summed E-state index contributed by atoms with van der Waals surface area (Å²) in [6.07, 6.45) is 5.85. The fraction of sp³-hybridized carbons (Fsp3) is 0.588. The summed E-state index contributed by atoms with van der Waals surface area (Å²) in [6, 6.07) is 4.03. The molecule has 1 aromatic carbocycles. The normalized spacial score (nSPS) is 18.5. The monoisotopic (exact) mass is 295 g/mol. The van der Waals surface area contributed by atoms with Gasteiger partial charge in [0.05, 0.1) is 5.54 Å². The van der Waals surface area contributed by atoms with Crippen LogP contribution in [0.4, 0.5) is 8.78 Å². The van der Waals surface area contributed by atoms with Crippen molar-refractivity contribution in [3.8, 4) is 0 Å². The fourth-order valence-electron chi connectivity index (χ4n) is 3.31. The smallest absolute Gasteiger partial charge is 0.162 e. The Morgan fingerprint density at radius 1 is 1.14 bits per heavy atom. The largest absolute Gasteiger partial charge is 0.297 e. The topological polar surface area (TPSA) is 20.3 Å². The zero-order valence-corrected chi connectivity index (χ0v) is 12.8. The van der Waals surface area contributed by atoms with Gasteiger partial charge in [-0.3, -0.25) is 9.69 Å². The number of carbonyl (C=O) groups is 1. The van der Waals surface area contributed by atoms with Crippen molar-refractivity contribution in [2.24, 2.45) is 0 Å². The van der Waals surface area contributed by atoms with Gasteiger partial charge >= 0.3 is 0 Å². The summed E-state index contributed by atoms with van der Waals surface area (Å²) in [7, 11) is 3.82. The number of nitrogens with zero attached hydrogens (tertiary/aromatic N) is 1. The van der Waals surface area contributed by atoms with Crippen LogP contribution in [0.25, 0.3) is 0 Å². The highest BCUT2D eigenvalue weighted by Gasteiger charge is 2.40. The van der Waals surface area contributed by atoms with E-state index in [4.69, 9.17) is 0 Å². The molecule has 2 nitrogen and oxygen atoms in total. The second kappa shape index (κ2) is 6.65. The Kier molecular flexibility index (Phi) is 5.09. The van der Waals surface area contributed by atoms with Crippen molar-refractivity contribution < 1.29 is 13.6 Å². The number of rotatable bonds is 4. The molecule has 0 N–H and O–H groups in total. The highest BCUT2D eigenvalue weighted by molar-refractivity contribution is 5.90. The first-order chi connectivity index (χ1) is 9.97. The Balaban J connectivity index is 2.25. The lowest BCUT2D eigenvalue weighted by Gasteiger charge is -2.38. The highest BCUT2D eigenvalue weighted by Crippen LogP contribution is 2.33. The van der Waals surface area contributed by atoms with E-state index in [1.807, 2.05) is 19.0 Å². The Labute approximate surface area is 125 Å². The maximum absolute atomic E-state index is 13.8. The molecular weight excluding hydrogens is 272 g/mol. The van der Waals surface area contributed by atoms with E-state index in [1.165, 1.54) is 12.1 Å². The van der Waals surface area contributed by atoms with E-state index in [-0.39, 0.29) is 17.8 Å². The molecule has 21 heavy (non-hydrogen) atoms. The van der Waals surface area contributed by atoms with E-state index in [0.29, 0.717) is 0 Å². The second-order valence-corrected chi connectivity index (χ2v) is 6.15. The van der Waals surface area contributed by atoms with E-state index in [9.17, 15) is 13.6 Å². The van der Waals surface area contributed by atoms with Gasteiger partial charge in [-0.15, -0.1) is 0 Å². The molecule has 1 aromatic rings. The molecule has 4 heteroatoms. The first-order valence-electron chi connectivity index (χ1n) is 7.61. The molecule has 1 aliphatic rings. The van der Waals surface area contributed by atoms with Gasteiger partial charge in [0.15, 0.2) is 17.4 Å². The van der Waals surface area contributed by atoms with E-state index in [2.05, 4.69) is 0 Å². The van der Waals surface area contributed by atoms with Gasteiger partial charge in [-0.2, -0.15) is 0 Å². The van der Waals surface area contributed by atoms with Gasteiger partial charge in [0.1, 0.15) is 0 Å². The van der Waals surface area contributed by atoms with Crippen molar-refractivity contribution in [3.05, 3.63) is 35.4 Å². The van der Waals surface area contributed by atoms with Gasteiger partial charge in [-0.25, -0.2) is 8.78 Å². The Bertz CT molecular complexity index is 506. The molecule has 0 aromatic heterocycles. The number of carbonyl (C=O) groups excluding carboxylic acids is 1. The summed E-state index contributed by atoms with van der Waals surface area (Å²) in [5, 5.41) is 0. The van der Waals surface area contributed by atoms with Gasteiger partial charge in [-0.1, -0.05) is 37.8 Å². The van der Waals surface area contributed by atoms with Gasteiger partial charge in [0.25, 0.3) is 0 Å². The lowest BCUT2D eigenvalue weighted by molar-refractivity contribution is -0.130. The van der Waals surface area contributed by atoms with Crippen LogP contribution in [0.3, 0.4) is 0 Å². The number of Topliss-reactive ketones (excluding diaryl/α,β-unsaturated/α-hetero) is 1. The van der Waals surface area contributed by atoms with Crippen LogP contribution in [-0.2, 0) is 11.2 Å². The predicted molar refractivity (Wildman–Crippen MR) is 79.2 cm³/mol. The average molecular weight is 295 g/mol. The van der Waals surface area contributed by atoms with E-state index >= 15 is 0 Å². The molecule has 0 saturated heterocycles. The van der Waals surface area contributed by atoms with Gasteiger partial charge in [0.2, 0.25) is 0 Å². The lowest BCUT2D eigenvalue weighted by atomic mass is 9.82. The van der Waals surface area contributed by atoms with Crippen molar-refractivity contribution in [2.45, 2.75) is 50.5 Å². The maximum Gasteiger partial charge on any atom is 0.162 e. The van der Waals surface area contributed by atoms with E-state index in [0.717, 1.165) is 44.6 Å². The van der Waals surface area contributed by atoms with Crippen LogP contribution < -0.4 is 0 Å². The number of ketones is 1. The number of likely N-dealkylation sites (N-methyl/N-ethyl adjacent to an activating group) is 1.